The number of amides is 1. The molecule has 0 fully saturated rings. The lowest BCUT2D eigenvalue weighted by Gasteiger charge is -2.18. The third-order valence-electron chi connectivity index (χ3n) is 3.59. The fraction of sp³-hybridized carbons (Fsp3) is 0. The Hall–Kier alpha value is -2.44. The minimum atomic E-state index is -0.242. The zero-order chi connectivity index (χ0) is 18.5. The molecule has 6 heteroatoms. The summed E-state index contributed by atoms with van der Waals surface area (Å²) in [6, 6.07) is 21.0. The maximum atomic E-state index is 13.0. The highest BCUT2D eigenvalue weighted by Crippen LogP contribution is 2.22. The molecule has 0 unspecified atom stereocenters. The summed E-state index contributed by atoms with van der Waals surface area (Å²) in [6.07, 6.45) is 1.50. The Kier molecular flexibility index (Phi) is 5.85. The van der Waals surface area contributed by atoms with E-state index in [0.29, 0.717) is 11.3 Å². The largest absolute Gasteiger partial charge is 0.508 e. The van der Waals surface area contributed by atoms with E-state index in [9.17, 15) is 9.90 Å². The van der Waals surface area contributed by atoms with Gasteiger partial charge in [-0.1, -0.05) is 31.9 Å². The van der Waals surface area contributed by atoms with Gasteiger partial charge in [0, 0.05) is 14.5 Å². The Balaban J connectivity index is 1.95. The molecule has 1 amide bonds. The molecule has 0 spiro atoms. The second-order valence-corrected chi connectivity index (χ2v) is 7.25. The second kappa shape index (κ2) is 8.29. The summed E-state index contributed by atoms with van der Waals surface area (Å²) in [5.41, 5.74) is 1.87. The molecule has 0 saturated heterocycles. The molecule has 0 radical (unpaired) electrons. The number of phenols is 1. The monoisotopic (exact) mass is 472 g/mol. The van der Waals surface area contributed by atoms with Crippen LogP contribution in [0.2, 0.25) is 0 Å². The van der Waals surface area contributed by atoms with Crippen LogP contribution in [0.15, 0.2) is 86.7 Å². The highest BCUT2D eigenvalue weighted by atomic mass is 79.9. The predicted octanol–water partition coefficient (Wildman–Crippen LogP) is 5.92. The van der Waals surface area contributed by atoms with Crippen LogP contribution >= 0.6 is 31.9 Å². The van der Waals surface area contributed by atoms with Crippen molar-refractivity contribution in [2.24, 2.45) is 4.99 Å². The average Bonchev–Trinajstić information content (AvgIpc) is 2.65. The summed E-state index contributed by atoms with van der Waals surface area (Å²) in [4.78, 5) is 18.8. The lowest BCUT2D eigenvalue weighted by Crippen LogP contribution is -2.29. The molecule has 0 atom stereocenters. The number of hydrogen-bond donors (Lipinski definition) is 1. The van der Waals surface area contributed by atoms with E-state index in [1.165, 1.54) is 23.4 Å². The second-order valence-electron chi connectivity index (χ2n) is 5.42. The molecular formula is C20H14Br2N2O2. The van der Waals surface area contributed by atoms with Gasteiger partial charge in [-0.25, -0.2) is 4.99 Å². The third-order valence-corrected chi connectivity index (χ3v) is 4.64. The average molecular weight is 474 g/mol. The van der Waals surface area contributed by atoms with Crippen LogP contribution in [-0.2, 0) is 0 Å². The van der Waals surface area contributed by atoms with Gasteiger partial charge in [0.1, 0.15) is 12.1 Å². The molecule has 0 aliphatic carbocycles. The van der Waals surface area contributed by atoms with Crippen molar-refractivity contribution in [2.75, 3.05) is 4.90 Å². The first-order chi connectivity index (χ1) is 12.5. The highest BCUT2D eigenvalue weighted by molar-refractivity contribution is 9.10. The fourth-order valence-electron chi connectivity index (χ4n) is 2.23. The number of anilines is 1. The molecule has 3 aromatic rings. The topological polar surface area (TPSA) is 52.9 Å². The third kappa shape index (κ3) is 4.59. The molecule has 4 nitrogen and oxygen atoms in total. The molecule has 0 aromatic heterocycles. The lowest BCUT2D eigenvalue weighted by atomic mass is 10.2. The minimum absolute atomic E-state index is 0.111. The van der Waals surface area contributed by atoms with Gasteiger partial charge in [-0.2, -0.15) is 0 Å². The van der Waals surface area contributed by atoms with Crippen LogP contribution < -0.4 is 4.90 Å². The van der Waals surface area contributed by atoms with Gasteiger partial charge in [-0.15, -0.1) is 0 Å². The standard InChI is InChI=1S/C20H14Br2N2O2/c21-15-3-7-17(8-4-15)23-13-24(18-9-5-16(22)6-10-18)20(26)14-1-11-19(25)12-2-14/h1-13,25H. The van der Waals surface area contributed by atoms with Crippen molar-refractivity contribution in [3.8, 4) is 5.75 Å². The molecule has 0 aliphatic rings. The van der Waals surface area contributed by atoms with Crippen molar-refractivity contribution in [2.45, 2.75) is 0 Å². The number of hydrogen-bond acceptors (Lipinski definition) is 3. The molecule has 0 bridgehead atoms. The van der Waals surface area contributed by atoms with E-state index in [1.54, 1.807) is 12.1 Å². The summed E-state index contributed by atoms with van der Waals surface area (Å²) >= 11 is 6.78. The number of aliphatic imine (C=N–C) groups is 1. The molecule has 3 aromatic carbocycles. The number of carbonyl (C=O) groups excluding carboxylic acids is 1. The first-order valence-electron chi connectivity index (χ1n) is 7.71. The Morgan fingerprint density at radius 1 is 0.846 bits per heavy atom. The summed E-state index contributed by atoms with van der Waals surface area (Å²) in [5, 5.41) is 9.44. The molecule has 130 valence electrons. The first-order valence-corrected chi connectivity index (χ1v) is 9.29. The van der Waals surface area contributed by atoms with E-state index in [2.05, 4.69) is 36.9 Å². The van der Waals surface area contributed by atoms with E-state index in [0.717, 1.165) is 14.6 Å². The smallest absolute Gasteiger partial charge is 0.263 e. The molecular weight excluding hydrogens is 460 g/mol. The van der Waals surface area contributed by atoms with E-state index < -0.39 is 0 Å². The van der Waals surface area contributed by atoms with Gasteiger partial charge < -0.3 is 5.11 Å². The number of phenolic OH excluding ortho intramolecular Hbond substituents is 1. The van der Waals surface area contributed by atoms with Crippen molar-refractivity contribution in [3.63, 3.8) is 0 Å². The number of rotatable bonds is 4. The van der Waals surface area contributed by atoms with Crippen LogP contribution in [0.1, 0.15) is 10.4 Å². The Morgan fingerprint density at radius 2 is 1.38 bits per heavy atom. The summed E-state index contributed by atoms with van der Waals surface area (Å²) in [6.45, 7) is 0. The predicted molar refractivity (Wildman–Crippen MR) is 111 cm³/mol. The van der Waals surface area contributed by atoms with Crippen LogP contribution in [0.5, 0.6) is 5.75 Å². The van der Waals surface area contributed by atoms with Crippen molar-refractivity contribution in [1.82, 2.24) is 0 Å². The quantitative estimate of drug-likeness (QED) is 0.377. The van der Waals surface area contributed by atoms with E-state index in [1.807, 2.05) is 48.5 Å². The Labute approximate surface area is 168 Å². The van der Waals surface area contributed by atoms with Crippen molar-refractivity contribution in [1.29, 1.82) is 0 Å². The summed E-state index contributed by atoms with van der Waals surface area (Å²) in [5.74, 6) is -0.131. The number of nitrogens with zero attached hydrogens (tertiary/aromatic N) is 2. The molecule has 3 rings (SSSR count). The molecule has 1 N–H and O–H groups in total. The summed E-state index contributed by atoms with van der Waals surface area (Å²) in [7, 11) is 0. The van der Waals surface area contributed by atoms with E-state index in [-0.39, 0.29) is 11.7 Å². The van der Waals surface area contributed by atoms with Crippen LogP contribution in [0.4, 0.5) is 11.4 Å². The normalized spacial score (nSPS) is 10.8. The zero-order valence-electron chi connectivity index (χ0n) is 13.5. The maximum Gasteiger partial charge on any atom is 0.263 e. The number of benzene rings is 3. The molecule has 0 heterocycles. The van der Waals surface area contributed by atoms with Crippen LogP contribution in [0.3, 0.4) is 0 Å². The zero-order valence-corrected chi connectivity index (χ0v) is 16.7. The van der Waals surface area contributed by atoms with Crippen molar-refractivity contribution in [3.05, 3.63) is 87.3 Å². The number of carbonyl (C=O) groups is 1. The summed E-state index contributed by atoms with van der Waals surface area (Å²) < 4.78 is 1.88. The fourth-order valence-corrected chi connectivity index (χ4v) is 2.76. The van der Waals surface area contributed by atoms with Gasteiger partial charge >= 0.3 is 0 Å². The van der Waals surface area contributed by atoms with Crippen LogP contribution in [0, 0.1) is 0 Å². The van der Waals surface area contributed by atoms with Gasteiger partial charge in [-0.05, 0) is 72.8 Å². The van der Waals surface area contributed by atoms with Crippen LogP contribution in [-0.4, -0.2) is 17.4 Å². The van der Waals surface area contributed by atoms with Crippen molar-refractivity contribution >= 4 is 55.5 Å². The number of aromatic hydroxyl groups is 1. The van der Waals surface area contributed by atoms with Crippen LogP contribution in [0.25, 0.3) is 0 Å². The minimum Gasteiger partial charge on any atom is -0.508 e. The molecule has 0 saturated carbocycles. The van der Waals surface area contributed by atoms with E-state index >= 15 is 0 Å². The Bertz CT molecular complexity index is 922. The highest BCUT2D eigenvalue weighted by Gasteiger charge is 2.16. The van der Waals surface area contributed by atoms with Gasteiger partial charge in [0.25, 0.3) is 5.91 Å². The van der Waals surface area contributed by atoms with Gasteiger partial charge in [0.2, 0.25) is 0 Å². The maximum absolute atomic E-state index is 13.0. The van der Waals surface area contributed by atoms with Gasteiger partial charge in [0.15, 0.2) is 0 Å². The lowest BCUT2D eigenvalue weighted by molar-refractivity contribution is 0.100. The SMILES string of the molecule is O=C(c1ccc(O)cc1)N(C=Nc1ccc(Br)cc1)c1ccc(Br)cc1. The van der Waals surface area contributed by atoms with Crippen molar-refractivity contribution < 1.29 is 9.90 Å². The molecule has 26 heavy (non-hydrogen) atoms. The Morgan fingerprint density at radius 3 is 1.96 bits per heavy atom. The molecule has 0 aliphatic heterocycles. The van der Waals surface area contributed by atoms with E-state index in [4.69, 9.17) is 0 Å². The first kappa shape index (κ1) is 18.4. The number of halogens is 2. The van der Waals surface area contributed by atoms with Gasteiger partial charge in [0.05, 0.1) is 11.4 Å². The van der Waals surface area contributed by atoms with Gasteiger partial charge in [-0.3, -0.25) is 9.69 Å².